The lowest BCUT2D eigenvalue weighted by molar-refractivity contribution is -0.122. The van der Waals surface area contributed by atoms with E-state index >= 15 is 0 Å². The zero-order valence-electron chi connectivity index (χ0n) is 26.6. The zero-order chi connectivity index (χ0) is 33.5. The lowest BCUT2D eigenvalue weighted by Crippen LogP contribution is -2.46. The van der Waals surface area contributed by atoms with Crippen molar-refractivity contribution in [3.05, 3.63) is 107 Å². The molecule has 0 unspecified atom stereocenters. The maximum atomic E-state index is 14.1. The van der Waals surface area contributed by atoms with Crippen LogP contribution >= 0.6 is 0 Å². The molecule has 2 aliphatic heterocycles. The van der Waals surface area contributed by atoms with Crippen LogP contribution < -0.4 is 10.4 Å². The van der Waals surface area contributed by atoms with Crippen LogP contribution in [0.1, 0.15) is 43.9 Å². The molecule has 242 valence electrons. The molecule has 0 saturated carbocycles. The van der Waals surface area contributed by atoms with Crippen molar-refractivity contribution in [1.82, 2.24) is 4.98 Å². The lowest BCUT2D eigenvalue weighted by Gasteiger charge is -2.43. The predicted octanol–water partition coefficient (Wildman–Crippen LogP) is 4.35. The van der Waals surface area contributed by atoms with Gasteiger partial charge in [-0.25, -0.2) is 0 Å². The molecule has 3 aliphatic rings. The van der Waals surface area contributed by atoms with Crippen molar-refractivity contribution in [2.75, 3.05) is 4.90 Å². The molecule has 1 aliphatic carbocycles. The largest absolute Gasteiger partial charge is 0.507 e. The molecular formula is C37H36B2N2O7. The Hall–Kier alpha value is -4.54. The van der Waals surface area contributed by atoms with Crippen molar-refractivity contribution in [2.45, 2.75) is 45.0 Å². The number of fused-ring (bicyclic) bond motifs is 4. The van der Waals surface area contributed by atoms with Gasteiger partial charge >= 0.3 is 14.2 Å². The standard InChI is InChI=1S/C37H36B2N2O7/c1-2-22-19-29-35(37(44)41(36(29)43)26-9-7-8-25(20-26)39(46)47)30-21-38(45)48-33(34(22)30)16-14-24(31-12-5-6-17-40-31)18-23-13-15-32(42)28-11-4-3-10-27(23)28/h3-13,15,17-18,20,29-30,33,35,42,45-47H,2,14,16,19,21H2,1H3/b24-18-/t29-,30+,33-,35-/m1/s1. The molecule has 11 heteroatoms. The fourth-order valence-corrected chi connectivity index (χ4v) is 7.92. The highest BCUT2D eigenvalue weighted by Crippen LogP contribution is 2.52. The van der Waals surface area contributed by atoms with Gasteiger partial charge in [0.05, 0.1) is 29.3 Å². The van der Waals surface area contributed by atoms with E-state index in [1.807, 2.05) is 55.5 Å². The van der Waals surface area contributed by atoms with Crippen LogP contribution in [0.15, 0.2) is 96.2 Å². The van der Waals surface area contributed by atoms with Crippen LogP contribution in [0.4, 0.5) is 5.69 Å². The summed E-state index contributed by atoms with van der Waals surface area (Å²) in [7, 11) is -2.84. The molecule has 7 rings (SSSR count). The first-order valence-electron chi connectivity index (χ1n) is 16.5. The molecule has 48 heavy (non-hydrogen) atoms. The number of hydrogen-bond donors (Lipinski definition) is 4. The summed E-state index contributed by atoms with van der Waals surface area (Å²) in [6.07, 6.45) is 5.76. The first kappa shape index (κ1) is 32.0. The van der Waals surface area contributed by atoms with E-state index in [9.17, 15) is 29.8 Å². The van der Waals surface area contributed by atoms with Crippen LogP contribution in [0, 0.1) is 17.8 Å². The number of amides is 2. The highest BCUT2D eigenvalue weighted by atomic mass is 16.5. The van der Waals surface area contributed by atoms with Crippen molar-refractivity contribution in [3.8, 4) is 5.75 Å². The number of benzene rings is 3. The van der Waals surface area contributed by atoms with E-state index in [1.165, 1.54) is 17.0 Å². The highest BCUT2D eigenvalue weighted by Gasteiger charge is 2.57. The van der Waals surface area contributed by atoms with E-state index in [2.05, 4.69) is 11.1 Å². The number of aromatic hydroxyl groups is 1. The molecule has 2 amide bonds. The van der Waals surface area contributed by atoms with Crippen LogP contribution in [-0.4, -0.2) is 57.3 Å². The third-order valence-corrected chi connectivity index (χ3v) is 10.1. The van der Waals surface area contributed by atoms with Gasteiger partial charge in [0.25, 0.3) is 0 Å². The molecular weight excluding hydrogens is 606 g/mol. The average molecular weight is 642 g/mol. The van der Waals surface area contributed by atoms with Gasteiger partial charge in [-0.2, -0.15) is 0 Å². The minimum absolute atomic E-state index is 0.189. The molecule has 0 bridgehead atoms. The lowest BCUT2D eigenvalue weighted by atomic mass is 9.58. The van der Waals surface area contributed by atoms with Crippen LogP contribution in [0.3, 0.4) is 0 Å². The highest BCUT2D eigenvalue weighted by molar-refractivity contribution is 6.58. The number of anilines is 1. The van der Waals surface area contributed by atoms with E-state index in [-0.39, 0.29) is 35.3 Å². The van der Waals surface area contributed by atoms with E-state index in [0.29, 0.717) is 31.4 Å². The van der Waals surface area contributed by atoms with Crippen molar-refractivity contribution >= 4 is 59.6 Å². The topological polar surface area (TPSA) is 140 Å². The number of phenolic OH excluding ortho intramolecular Hbond substituents is 1. The first-order valence-corrected chi connectivity index (χ1v) is 16.5. The van der Waals surface area contributed by atoms with Gasteiger partial charge in [-0.15, -0.1) is 0 Å². The smallest absolute Gasteiger partial charge is 0.488 e. The van der Waals surface area contributed by atoms with Gasteiger partial charge in [-0.1, -0.05) is 61.0 Å². The Balaban J connectivity index is 1.22. The molecule has 0 spiro atoms. The second kappa shape index (κ2) is 13.2. The zero-order valence-corrected chi connectivity index (χ0v) is 26.6. The maximum Gasteiger partial charge on any atom is 0.488 e. The van der Waals surface area contributed by atoms with Crippen LogP contribution in [0.25, 0.3) is 22.4 Å². The number of pyridine rings is 1. The number of carbonyl (C=O) groups is 2. The van der Waals surface area contributed by atoms with E-state index < -0.39 is 32.2 Å². The predicted molar refractivity (Wildman–Crippen MR) is 186 cm³/mol. The van der Waals surface area contributed by atoms with Crippen molar-refractivity contribution in [1.29, 1.82) is 0 Å². The summed E-state index contributed by atoms with van der Waals surface area (Å²) in [6, 6.07) is 23.2. The quantitative estimate of drug-likeness (QED) is 0.126. The number of phenols is 1. The Morgan fingerprint density at radius 2 is 1.79 bits per heavy atom. The van der Waals surface area contributed by atoms with Gasteiger partial charge in [-0.05, 0) is 102 Å². The Kier molecular flexibility index (Phi) is 8.78. The van der Waals surface area contributed by atoms with Gasteiger partial charge in [0.1, 0.15) is 5.75 Å². The number of rotatable bonds is 8. The molecule has 4 N–H and O–H groups in total. The molecule has 3 heterocycles. The first-order chi connectivity index (χ1) is 23.2. The van der Waals surface area contributed by atoms with Gasteiger partial charge in [0.15, 0.2) is 0 Å². The summed E-state index contributed by atoms with van der Waals surface area (Å²) in [4.78, 5) is 33.7. The summed E-state index contributed by atoms with van der Waals surface area (Å²) in [5, 5.41) is 42.6. The summed E-state index contributed by atoms with van der Waals surface area (Å²) in [5.74, 6) is -2.03. The molecule has 0 radical (unpaired) electrons. The molecule has 3 aromatic carbocycles. The van der Waals surface area contributed by atoms with Crippen LogP contribution in [0.5, 0.6) is 5.75 Å². The van der Waals surface area contributed by atoms with Gasteiger partial charge < -0.3 is 24.8 Å². The second-order valence-corrected chi connectivity index (χ2v) is 12.8. The Morgan fingerprint density at radius 1 is 1.00 bits per heavy atom. The molecule has 2 saturated heterocycles. The second-order valence-electron chi connectivity index (χ2n) is 12.8. The van der Waals surface area contributed by atoms with E-state index in [4.69, 9.17) is 4.65 Å². The SMILES string of the molecule is CCC1=C2[C@@H](CC/C(=C/c3ccc(O)c4ccccc34)c3ccccn3)OB(O)C[C@@H]2[C@@H]2C(=O)N(c3cccc(B(O)O)c3)C(=O)[C@@H]2C1. The fourth-order valence-electron chi connectivity index (χ4n) is 7.92. The number of nitrogens with zero attached hydrogens (tertiary/aromatic N) is 2. The van der Waals surface area contributed by atoms with Crippen molar-refractivity contribution in [2.24, 2.45) is 17.8 Å². The molecule has 1 aromatic heterocycles. The number of allylic oxidation sites excluding steroid dienone is 2. The number of hydrogen-bond acceptors (Lipinski definition) is 8. The summed E-state index contributed by atoms with van der Waals surface area (Å²) in [5.41, 5.74) is 5.28. The third kappa shape index (κ3) is 5.77. The Labute approximate surface area is 279 Å². The normalized spacial score (nSPS) is 22.7. The minimum Gasteiger partial charge on any atom is -0.507 e. The summed E-state index contributed by atoms with van der Waals surface area (Å²) >= 11 is 0. The van der Waals surface area contributed by atoms with Crippen molar-refractivity contribution in [3.63, 3.8) is 0 Å². The molecule has 4 atom stereocenters. The molecule has 2 fully saturated rings. The van der Waals surface area contributed by atoms with Crippen LogP contribution in [0.2, 0.25) is 6.32 Å². The van der Waals surface area contributed by atoms with E-state index in [0.717, 1.165) is 38.7 Å². The minimum atomic E-state index is -1.73. The Bertz CT molecular complexity index is 1950. The molecule has 4 aromatic rings. The maximum absolute atomic E-state index is 14.1. The monoisotopic (exact) mass is 642 g/mol. The number of aromatic nitrogens is 1. The third-order valence-electron chi connectivity index (χ3n) is 10.1. The van der Waals surface area contributed by atoms with Gasteiger partial charge in [0, 0.05) is 11.6 Å². The van der Waals surface area contributed by atoms with Crippen LogP contribution in [-0.2, 0) is 14.2 Å². The number of carbonyl (C=O) groups excluding carboxylic acids is 2. The van der Waals surface area contributed by atoms with Gasteiger partial charge in [-0.3, -0.25) is 19.5 Å². The van der Waals surface area contributed by atoms with Crippen molar-refractivity contribution < 1.29 is 34.4 Å². The van der Waals surface area contributed by atoms with Gasteiger partial charge in [0.2, 0.25) is 11.8 Å². The summed E-state index contributed by atoms with van der Waals surface area (Å²) < 4.78 is 6.23. The molecule has 9 nitrogen and oxygen atoms in total. The number of imide groups is 1. The summed E-state index contributed by atoms with van der Waals surface area (Å²) in [6.45, 7) is 2.04. The average Bonchev–Trinajstić information content (AvgIpc) is 3.36. The Morgan fingerprint density at radius 3 is 2.54 bits per heavy atom. The van der Waals surface area contributed by atoms with E-state index in [1.54, 1.807) is 24.4 Å². The fraction of sp³-hybridized carbons (Fsp3) is 0.270.